The van der Waals surface area contributed by atoms with Crippen molar-refractivity contribution in [1.82, 2.24) is 25.4 Å². The van der Waals surface area contributed by atoms with Gasteiger partial charge in [0.25, 0.3) is 0 Å². The number of hydrogen-bond acceptors (Lipinski definition) is 4. The normalized spacial score (nSPS) is 11.4. The Morgan fingerprint density at radius 2 is 2.00 bits per heavy atom. The second-order valence-corrected chi connectivity index (χ2v) is 6.41. The highest BCUT2D eigenvalue weighted by Gasteiger charge is 2.09. The van der Waals surface area contributed by atoms with Gasteiger partial charge in [-0.25, -0.2) is 9.98 Å². The van der Waals surface area contributed by atoms with Crippen LogP contribution in [-0.4, -0.2) is 39.7 Å². The maximum atomic E-state index is 12.0. The van der Waals surface area contributed by atoms with Crippen LogP contribution in [0.5, 0.6) is 0 Å². The second kappa shape index (κ2) is 9.70. The number of nitrogens with zero attached hydrogens (tertiary/aromatic N) is 4. The SMILES string of the molecule is CCNC(=NCc1c(C)nn(C)c1C)NCCC(=O)Nc1ccc(C)cn1. The van der Waals surface area contributed by atoms with Crippen molar-refractivity contribution in [2.45, 2.75) is 40.7 Å². The van der Waals surface area contributed by atoms with Gasteiger partial charge in [0.05, 0.1) is 12.2 Å². The predicted octanol–water partition coefficient (Wildman–Crippen LogP) is 1.82. The summed E-state index contributed by atoms with van der Waals surface area (Å²) in [5.74, 6) is 1.16. The molecule has 0 aromatic carbocycles. The number of guanidine groups is 1. The van der Waals surface area contributed by atoms with E-state index < -0.39 is 0 Å². The van der Waals surface area contributed by atoms with Crippen molar-refractivity contribution in [2.24, 2.45) is 12.0 Å². The van der Waals surface area contributed by atoms with Crippen LogP contribution in [0.15, 0.2) is 23.3 Å². The fourth-order valence-electron chi connectivity index (χ4n) is 2.59. The summed E-state index contributed by atoms with van der Waals surface area (Å²) in [7, 11) is 1.93. The summed E-state index contributed by atoms with van der Waals surface area (Å²) in [6, 6.07) is 3.71. The number of carbonyl (C=O) groups excluding carboxylic acids is 1. The molecule has 0 fully saturated rings. The van der Waals surface area contributed by atoms with E-state index in [1.165, 1.54) is 0 Å². The molecule has 0 spiro atoms. The van der Waals surface area contributed by atoms with Gasteiger partial charge < -0.3 is 16.0 Å². The zero-order chi connectivity index (χ0) is 19.8. The van der Waals surface area contributed by atoms with Crippen molar-refractivity contribution < 1.29 is 4.79 Å². The van der Waals surface area contributed by atoms with Gasteiger partial charge in [0.15, 0.2) is 5.96 Å². The highest BCUT2D eigenvalue weighted by molar-refractivity contribution is 5.90. The molecule has 3 N–H and O–H groups in total. The van der Waals surface area contributed by atoms with Crippen LogP contribution in [0.1, 0.15) is 35.9 Å². The lowest BCUT2D eigenvalue weighted by atomic mass is 10.2. The van der Waals surface area contributed by atoms with E-state index in [9.17, 15) is 4.79 Å². The smallest absolute Gasteiger partial charge is 0.227 e. The van der Waals surface area contributed by atoms with E-state index >= 15 is 0 Å². The first-order chi connectivity index (χ1) is 12.9. The van der Waals surface area contributed by atoms with Crippen molar-refractivity contribution >= 4 is 17.7 Å². The van der Waals surface area contributed by atoms with Crippen molar-refractivity contribution in [2.75, 3.05) is 18.4 Å². The van der Waals surface area contributed by atoms with E-state index in [4.69, 9.17) is 0 Å². The molecule has 0 saturated heterocycles. The average Bonchev–Trinajstić information content (AvgIpc) is 2.87. The minimum Gasteiger partial charge on any atom is -0.357 e. The standard InChI is InChI=1S/C19H29N7O/c1-6-20-19(23-12-16-14(3)25-26(5)15(16)4)21-10-9-18(27)24-17-8-7-13(2)11-22-17/h7-8,11H,6,9-10,12H2,1-5H3,(H2,20,21,23)(H,22,24,27). The molecule has 27 heavy (non-hydrogen) atoms. The summed E-state index contributed by atoms with van der Waals surface area (Å²) >= 11 is 0. The van der Waals surface area contributed by atoms with Crippen LogP contribution in [0.4, 0.5) is 5.82 Å². The highest BCUT2D eigenvalue weighted by Crippen LogP contribution is 2.12. The lowest BCUT2D eigenvalue weighted by Gasteiger charge is -2.11. The molecule has 1 amide bonds. The van der Waals surface area contributed by atoms with Crippen LogP contribution < -0.4 is 16.0 Å². The molecule has 146 valence electrons. The fraction of sp³-hybridized carbons (Fsp3) is 0.474. The Hall–Kier alpha value is -2.90. The number of rotatable bonds is 7. The van der Waals surface area contributed by atoms with Crippen LogP contribution in [0.25, 0.3) is 0 Å². The minimum atomic E-state index is -0.0892. The lowest BCUT2D eigenvalue weighted by Crippen LogP contribution is -2.38. The molecule has 8 nitrogen and oxygen atoms in total. The molecule has 0 aliphatic heterocycles. The molecule has 2 aromatic rings. The van der Waals surface area contributed by atoms with Crippen molar-refractivity contribution in [1.29, 1.82) is 0 Å². The zero-order valence-corrected chi connectivity index (χ0v) is 16.8. The Kier molecular flexibility index (Phi) is 7.34. The van der Waals surface area contributed by atoms with Gasteiger partial charge in [0.2, 0.25) is 5.91 Å². The van der Waals surface area contributed by atoms with E-state index in [1.807, 2.05) is 45.5 Å². The Bertz CT molecular complexity index is 793. The Balaban J connectivity index is 1.86. The van der Waals surface area contributed by atoms with Crippen LogP contribution in [0, 0.1) is 20.8 Å². The van der Waals surface area contributed by atoms with Gasteiger partial charge in [-0.05, 0) is 39.3 Å². The summed E-state index contributed by atoms with van der Waals surface area (Å²) in [5.41, 5.74) is 4.27. The lowest BCUT2D eigenvalue weighted by molar-refractivity contribution is -0.116. The quantitative estimate of drug-likeness (QED) is 0.510. The molecular weight excluding hydrogens is 342 g/mol. The molecule has 2 rings (SSSR count). The van der Waals surface area contributed by atoms with Gasteiger partial charge in [0.1, 0.15) is 5.82 Å². The van der Waals surface area contributed by atoms with Crippen LogP contribution >= 0.6 is 0 Å². The maximum Gasteiger partial charge on any atom is 0.227 e. The molecule has 0 unspecified atom stereocenters. The number of aliphatic imine (C=N–C) groups is 1. The molecule has 0 bridgehead atoms. The maximum absolute atomic E-state index is 12.0. The molecule has 8 heteroatoms. The Morgan fingerprint density at radius 1 is 1.22 bits per heavy atom. The van der Waals surface area contributed by atoms with E-state index in [-0.39, 0.29) is 5.91 Å². The van der Waals surface area contributed by atoms with Crippen LogP contribution in [0.3, 0.4) is 0 Å². The number of anilines is 1. The summed E-state index contributed by atoms with van der Waals surface area (Å²) in [6.45, 7) is 9.76. The molecule has 0 atom stereocenters. The summed E-state index contributed by atoms with van der Waals surface area (Å²) in [4.78, 5) is 20.8. The molecular formula is C19H29N7O. The predicted molar refractivity (Wildman–Crippen MR) is 108 cm³/mol. The minimum absolute atomic E-state index is 0.0892. The van der Waals surface area contributed by atoms with Gasteiger partial charge in [-0.2, -0.15) is 5.10 Å². The van der Waals surface area contributed by atoms with E-state index in [0.29, 0.717) is 31.3 Å². The monoisotopic (exact) mass is 371 g/mol. The van der Waals surface area contributed by atoms with Crippen LogP contribution in [0.2, 0.25) is 0 Å². The van der Waals surface area contributed by atoms with E-state index in [1.54, 1.807) is 12.3 Å². The average molecular weight is 371 g/mol. The Labute approximate surface area is 160 Å². The van der Waals surface area contributed by atoms with Crippen molar-refractivity contribution in [3.8, 4) is 0 Å². The van der Waals surface area contributed by atoms with E-state index in [2.05, 4.69) is 31.0 Å². The van der Waals surface area contributed by atoms with Gasteiger partial charge in [-0.3, -0.25) is 9.48 Å². The number of aryl methyl sites for hydroxylation is 3. The first kappa shape index (κ1) is 20.4. The largest absolute Gasteiger partial charge is 0.357 e. The molecule has 0 aliphatic rings. The fourth-order valence-corrected chi connectivity index (χ4v) is 2.59. The van der Waals surface area contributed by atoms with Gasteiger partial charge in [0, 0.05) is 44.0 Å². The third-order valence-electron chi connectivity index (χ3n) is 4.22. The third kappa shape index (κ3) is 6.09. The Morgan fingerprint density at radius 3 is 2.59 bits per heavy atom. The topological polar surface area (TPSA) is 96.2 Å². The van der Waals surface area contributed by atoms with E-state index in [0.717, 1.165) is 29.1 Å². The number of pyridine rings is 1. The molecule has 2 heterocycles. The summed E-state index contributed by atoms with van der Waals surface area (Å²) < 4.78 is 1.87. The molecule has 0 saturated carbocycles. The first-order valence-electron chi connectivity index (χ1n) is 9.14. The molecule has 0 radical (unpaired) electrons. The number of carbonyl (C=O) groups is 1. The van der Waals surface area contributed by atoms with Gasteiger partial charge >= 0.3 is 0 Å². The number of nitrogens with one attached hydrogen (secondary N) is 3. The van der Waals surface area contributed by atoms with Gasteiger partial charge in [-0.1, -0.05) is 6.07 Å². The second-order valence-electron chi connectivity index (χ2n) is 6.41. The molecule has 2 aromatic heterocycles. The summed E-state index contributed by atoms with van der Waals surface area (Å²) in [5, 5.41) is 13.6. The zero-order valence-electron chi connectivity index (χ0n) is 16.8. The highest BCUT2D eigenvalue weighted by atomic mass is 16.1. The number of aromatic nitrogens is 3. The third-order valence-corrected chi connectivity index (χ3v) is 4.22. The number of amides is 1. The number of hydrogen-bond donors (Lipinski definition) is 3. The molecule has 0 aliphatic carbocycles. The van der Waals surface area contributed by atoms with Crippen molar-refractivity contribution in [3.05, 3.63) is 40.8 Å². The van der Waals surface area contributed by atoms with Crippen molar-refractivity contribution in [3.63, 3.8) is 0 Å². The first-order valence-corrected chi connectivity index (χ1v) is 9.14. The van der Waals surface area contributed by atoms with Crippen LogP contribution in [-0.2, 0) is 18.4 Å². The summed E-state index contributed by atoms with van der Waals surface area (Å²) in [6.07, 6.45) is 2.05. The van der Waals surface area contributed by atoms with Gasteiger partial charge in [-0.15, -0.1) is 0 Å².